The summed E-state index contributed by atoms with van der Waals surface area (Å²) in [5.74, 6) is -0.917. The molecule has 0 bridgehead atoms. The Kier molecular flexibility index (Phi) is 3.92. The molecule has 0 amide bonds. The fourth-order valence-electron chi connectivity index (χ4n) is 1.12. The van der Waals surface area contributed by atoms with Crippen LogP contribution in [0.2, 0.25) is 0 Å². The van der Waals surface area contributed by atoms with Crippen molar-refractivity contribution in [2.45, 2.75) is 0 Å². The van der Waals surface area contributed by atoms with Crippen LogP contribution in [0.1, 0.15) is 20.7 Å². The quantitative estimate of drug-likeness (QED) is 0.538. The summed E-state index contributed by atoms with van der Waals surface area (Å²) in [4.78, 5) is 22.5. The van der Waals surface area contributed by atoms with E-state index in [1.807, 2.05) is 0 Å². The Bertz CT molecular complexity index is 366. The van der Waals surface area contributed by atoms with Crippen molar-refractivity contribution in [1.29, 1.82) is 0 Å². The molecule has 0 heterocycles. The van der Waals surface area contributed by atoms with Crippen LogP contribution >= 0.6 is 0 Å². The maximum absolute atomic E-state index is 11.3. The zero-order valence-corrected chi connectivity index (χ0v) is 10.9. The van der Waals surface area contributed by atoms with E-state index in [1.165, 1.54) is 37.1 Å². The molecule has 0 radical (unpaired) electrons. The van der Waals surface area contributed by atoms with Crippen LogP contribution in [0.3, 0.4) is 0 Å². The molecule has 0 aliphatic rings. The molecule has 1 aromatic carbocycles. The third-order valence-corrected chi connectivity index (χ3v) is 2.50. The molecule has 5 heteroatoms. The SMILES string of the molecule is COC(=O)c1cc([AsH2])cc(C(=O)OC)c1. The van der Waals surface area contributed by atoms with E-state index in [1.54, 1.807) is 12.1 Å². The molecule has 0 saturated heterocycles. The van der Waals surface area contributed by atoms with Crippen LogP contribution in [0.5, 0.6) is 0 Å². The zero-order chi connectivity index (χ0) is 11.4. The molecule has 80 valence electrons. The van der Waals surface area contributed by atoms with Crippen molar-refractivity contribution in [3.05, 3.63) is 29.3 Å². The van der Waals surface area contributed by atoms with E-state index < -0.39 is 11.9 Å². The molecule has 1 unspecified atom stereocenters. The molecule has 0 aliphatic heterocycles. The summed E-state index contributed by atoms with van der Waals surface area (Å²) in [6.07, 6.45) is 0. The van der Waals surface area contributed by atoms with Crippen LogP contribution in [0, 0.1) is 0 Å². The van der Waals surface area contributed by atoms with E-state index in [9.17, 15) is 9.59 Å². The number of rotatable bonds is 2. The van der Waals surface area contributed by atoms with Gasteiger partial charge in [-0.2, -0.15) is 0 Å². The van der Waals surface area contributed by atoms with Gasteiger partial charge in [0.05, 0.1) is 0 Å². The molecule has 0 aliphatic carbocycles. The first-order valence-electron chi connectivity index (χ1n) is 4.15. The zero-order valence-electron chi connectivity index (χ0n) is 8.44. The number of carbonyl (C=O) groups excluding carboxylic acids is 2. The normalized spacial score (nSPS) is 9.53. The van der Waals surface area contributed by atoms with Crippen molar-refractivity contribution in [2.24, 2.45) is 0 Å². The van der Waals surface area contributed by atoms with Crippen LogP contribution in [0.4, 0.5) is 0 Å². The Labute approximate surface area is 96.1 Å². The van der Waals surface area contributed by atoms with Gasteiger partial charge in [0.25, 0.3) is 0 Å². The minimum absolute atomic E-state index is 0.361. The van der Waals surface area contributed by atoms with Crippen molar-refractivity contribution < 1.29 is 19.1 Å². The van der Waals surface area contributed by atoms with Gasteiger partial charge in [-0.05, 0) is 0 Å². The van der Waals surface area contributed by atoms with E-state index in [0.29, 0.717) is 11.1 Å². The van der Waals surface area contributed by atoms with Gasteiger partial charge in [0.1, 0.15) is 0 Å². The molecular weight excluding hydrogens is 259 g/mol. The topological polar surface area (TPSA) is 52.6 Å². The van der Waals surface area contributed by atoms with Gasteiger partial charge in [0.2, 0.25) is 0 Å². The summed E-state index contributed by atoms with van der Waals surface area (Å²) in [5, 5.41) is 0. The number of esters is 2. The number of hydrogen-bond donors (Lipinski definition) is 0. The molecular formula is C10H11AsO4. The minimum atomic E-state index is -0.459. The first kappa shape index (κ1) is 11.8. The van der Waals surface area contributed by atoms with Crippen molar-refractivity contribution in [1.82, 2.24) is 0 Å². The second-order valence-corrected chi connectivity index (χ2v) is 4.23. The summed E-state index contributed by atoms with van der Waals surface area (Å²) >= 11 is 1.32. The fourth-order valence-corrected chi connectivity index (χ4v) is 1.88. The Morgan fingerprint density at radius 1 is 1.00 bits per heavy atom. The summed E-state index contributed by atoms with van der Waals surface area (Å²) in [6, 6.07) is 4.82. The van der Waals surface area contributed by atoms with Crippen molar-refractivity contribution in [2.75, 3.05) is 14.2 Å². The first-order valence-corrected chi connectivity index (χ1v) is 5.37. The molecule has 1 atom stereocenters. The molecule has 4 nitrogen and oxygen atoms in total. The standard InChI is InChI=1S/C10H11AsO4/c1-14-9(12)6-3-7(10(13)15-2)5-8(11)4-6/h3-5H,11H2,1-2H3. The maximum atomic E-state index is 11.3. The molecule has 0 spiro atoms. The molecule has 15 heavy (non-hydrogen) atoms. The predicted molar refractivity (Wildman–Crippen MR) is 57.3 cm³/mol. The third-order valence-electron chi connectivity index (χ3n) is 1.80. The van der Waals surface area contributed by atoms with Gasteiger partial charge in [-0.3, -0.25) is 0 Å². The Balaban J connectivity index is 3.16. The Hall–Kier alpha value is -1.28. The van der Waals surface area contributed by atoms with E-state index in [-0.39, 0.29) is 0 Å². The number of hydrogen-bond acceptors (Lipinski definition) is 4. The predicted octanol–water partition coefficient (Wildman–Crippen LogP) is -0.482. The van der Waals surface area contributed by atoms with Gasteiger partial charge in [0, 0.05) is 0 Å². The van der Waals surface area contributed by atoms with Crippen molar-refractivity contribution in [3.8, 4) is 0 Å². The second-order valence-electron chi connectivity index (χ2n) is 2.83. The second kappa shape index (κ2) is 4.98. The van der Waals surface area contributed by atoms with Crippen LogP contribution in [-0.2, 0) is 9.47 Å². The van der Waals surface area contributed by atoms with Gasteiger partial charge in [0.15, 0.2) is 0 Å². The monoisotopic (exact) mass is 270 g/mol. The molecule has 0 N–H and O–H groups in total. The number of ether oxygens (including phenoxy) is 2. The first-order chi connectivity index (χ1) is 7.08. The number of benzene rings is 1. The molecule has 0 aromatic heterocycles. The number of carbonyl (C=O) groups is 2. The third kappa shape index (κ3) is 2.83. The van der Waals surface area contributed by atoms with E-state index >= 15 is 0 Å². The van der Waals surface area contributed by atoms with Gasteiger partial charge in [-0.1, -0.05) is 0 Å². The number of methoxy groups -OCH3 is 2. The average molecular weight is 270 g/mol. The summed E-state index contributed by atoms with van der Waals surface area (Å²) < 4.78 is 10.0. The van der Waals surface area contributed by atoms with E-state index in [2.05, 4.69) is 9.47 Å². The van der Waals surface area contributed by atoms with Gasteiger partial charge in [-0.25, -0.2) is 0 Å². The van der Waals surface area contributed by atoms with Crippen LogP contribution in [0.15, 0.2) is 18.2 Å². The van der Waals surface area contributed by atoms with Crippen molar-refractivity contribution >= 4 is 33.1 Å². The molecule has 1 rings (SSSR count). The molecule has 0 fully saturated rings. The average Bonchev–Trinajstić information content (AvgIpc) is 2.26. The van der Waals surface area contributed by atoms with E-state index in [4.69, 9.17) is 0 Å². The summed E-state index contributed by atoms with van der Waals surface area (Å²) in [5.41, 5.74) is 0.722. The fraction of sp³-hybridized carbons (Fsp3) is 0.200. The molecule has 1 aromatic rings. The summed E-state index contributed by atoms with van der Waals surface area (Å²) in [6.45, 7) is 0. The Morgan fingerprint density at radius 3 is 1.73 bits per heavy atom. The van der Waals surface area contributed by atoms with Gasteiger partial charge >= 0.3 is 95.8 Å². The summed E-state index contributed by atoms with van der Waals surface area (Å²) in [7, 11) is 2.60. The van der Waals surface area contributed by atoms with Crippen LogP contribution in [0.25, 0.3) is 0 Å². The van der Waals surface area contributed by atoms with E-state index in [0.717, 1.165) is 4.35 Å². The molecule has 0 saturated carbocycles. The Morgan fingerprint density at radius 2 is 1.40 bits per heavy atom. The van der Waals surface area contributed by atoms with Crippen LogP contribution < -0.4 is 4.35 Å². The van der Waals surface area contributed by atoms with Gasteiger partial charge in [-0.15, -0.1) is 0 Å². The van der Waals surface area contributed by atoms with Crippen molar-refractivity contribution in [3.63, 3.8) is 0 Å². The van der Waals surface area contributed by atoms with Gasteiger partial charge < -0.3 is 0 Å². The van der Waals surface area contributed by atoms with Crippen LogP contribution in [-0.4, -0.2) is 43.0 Å².